The zero-order valence-electron chi connectivity index (χ0n) is 26.1. The third kappa shape index (κ3) is 16.8. The third-order valence-corrected chi connectivity index (χ3v) is 8.94. The van der Waals surface area contributed by atoms with Gasteiger partial charge >= 0.3 is 0 Å². The van der Waals surface area contributed by atoms with E-state index in [4.69, 9.17) is 4.74 Å². The van der Waals surface area contributed by atoms with Crippen LogP contribution in [-0.4, -0.2) is 75.2 Å². The summed E-state index contributed by atoms with van der Waals surface area (Å²) in [7, 11) is 2.03. The highest BCUT2D eigenvalue weighted by atomic mass is 16.5. The molecule has 5 nitrogen and oxygen atoms in total. The fourth-order valence-corrected chi connectivity index (χ4v) is 6.23. The van der Waals surface area contributed by atoms with Crippen LogP contribution in [0.5, 0.6) is 0 Å². The highest BCUT2D eigenvalue weighted by Crippen LogP contribution is 2.27. The molecule has 39 heavy (non-hydrogen) atoms. The summed E-state index contributed by atoms with van der Waals surface area (Å²) in [5.41, 5.74) is 0. The number of nitrogens with zero attached hydrogens (tertiary/aromatic N) is 2. The largest absolute Gasteiger partial charge is 0.379 e. The van der Waals surface area contributed by atoms with Crippen LogP contribution in [0, 0.1) is 11.8 Å². The van der Waals surface area contributed by atoms with Crippen molar-refractivity contribution in [3.05, 3.63) is 12.2 Å². The second-order valence-corrected chi connectivity index (χ2v) is 12.4. The van der Waals surface area contributed by atoms with E-state index in [1.165, 1.54) is 103 Å². The summed E-state index contributed by atoms with van der Waals surface area (Å²) in [5, 5.41) is 3.66. The molecule has 1 aliphatic heterocycles. The van der Waals surface area contributed by atoms with E-state index >= 15 is 0 Å². The van der Waals surface area contributed by atoms with Crippen molar-refractivity contribution < 1.29 is 9.53 Å². The Morgan fingerprint density at radius 1 is 0.795 bits per heavy atom. The topological polar surface area (TPSA) is 44.8 Å². The van der Waals surface area contributed by atoms with Gasteiger partial charge in [0, 0.05) is 32.6 Å². The van der Waals surface area contributed by atoms with Crippen LogP contribution >= 0.6 is 0 Å². The summed E-state index contributed by atoms with van der Waals surface area (Å²) in [6.45, 7) is 10.2. The predicted octanol–water partition coefficient (Wildman–Crippen LogP) is 7.60. The van der Waals surface area contributed by atoms with Crippen molar-refractivity contribution in [2.75, 3.05) is 59.5 Å². The van der Waals surface area contributed by atoms with E-state index in [2.05, 4.69) is 29.3 Å². The molecule has 1 amide bonds. The summed E-state index contributed by atoms with van der Waals surface area (Å²) in [6.07, 6.45) is 29.8. The van der Waals surface area contributed by atoms with Gasteiger partial charge in [0.25, 0.3) is 0 Å². The maximum absolute atomic E-state index is 13.2. The fraction of sp³-hybridized carbons (Fsp3) is 0.912. The van der Waals surface area contributed by atoms with E-state index in [-0.39, 0.29) is 5.92 Å². The van der Waals surface area contributed by atoms with E-state index in [1.807, 2.05) is 11.9 Å². The van der Waals surface area contributed by atoms with Crippen LogP contribution in [0.15, 0.2) is 12.2 Å². The number of morpholine rings is 1. The Kier molecular flexibility index (Phi) is 20.9. The van der Waals surface area contributed by atoms with Crippen LogP contribution in [-0.2, 0) is 9.53 Å². The smallest absolute Gasteiger partial charge is 0.226 e. The van der Waals surface area contributed by atoms with Gasteiger partial charge in [-0.05, 0) is 51.2 Å². The summed E-state index contributed by atoms with van der Waals surface area (Å²) < 4.78 is 5.44. The van der Waals surface area contributed by atoms with Crippen LogP contribution in [0.2, 0.25) is 0 Å². The Balaban J connectivity index is 1.43. The van der Waals surface area contributed by atoms with Crippen LogP contribution in [0.3, 0.4) is 0 Å². The first-order chi connectivity index (χ1) is 19.2. The molecule has 5 heteroatoms. The summed E-state index contributed by atoms with van der Waals surface area (Å²) in [5.74, 6) is 0.937. The monoisotopic (exact) mass is 548 g/mol. The summed E-state index contributed by atoms with van der Waals surface area (Å²) in [6, 6.07) is 0. The molecule has 228 valence electrons. The number of allylic oxidation sites excluding steroid dienone is 2. The molecule has 1 N–H and O–H groups in total. The molecule has 0 spiro atoms. The minimum absolute atomic E-state index is 0.146. The second kappa shape index (κ2) is 23.8. The molecule has 2 unspecified atom stereocenters. The molecule has 2 aliphatic rings. The Morgan fingerprint density at radius 3 is 1.92 bits per heavy atom. The van der Waals surface area contributed by atoms with E-state index in [9.17, 15) is 4.79 Å². The number of nitrogens with one attached hydrogen (secondary N) is 1. The van der Waals surface area contributed by atoms with Gasteiger partial charge in [-0.3, -0.25) is 9.69 Å². The Hall–Kier alpha value is -0.910. The molecule has 1 fully saturated rings. The molecule has 2 atom stereocenters. The van der Waals surface area contributed by atoms with E-state index in [0.717, 1.165) is 71.7 Å². The van der Waals surface area contributed by atoms with Gasteiger partial charge in [-0.2, -0.15) is 0 Å². The van der Waals surface area contributed by atoms with E-state index in [0.29, 0.717) is 11.8 Å². The maximum atomic E-state index is 13.2. The van der Waals surface area contributed by atoms with Crippen molar-refractivity contribution in [2.24, 2.45) is 11.8 Å². The fourth-order valence-electron chi connectivity index (χ4n) is 6.23. The molecule has 0 radical (unpaired) electrons. The van der Waals surface area contributed by atoms with Gasteiger partial charge < -0.3 is 15.0 Å². The molecule has 0 saturated carbocycles. The van der Waals surface area contributed by atoms with Gasteiger partial charge in [-0.1, -0.05) is 115 Å². The van der Waals surface area contributed by atoms with Crippen molar-refractivity contribution in [3.63, 3.8) is 0 Å². The zero-order chi connectivity index (χ0) is 27.8. The van der Waals surface area contributed by atoms with Crippen LogP contribution in [0.1, 0.15) is 129 Å². The third-order valence-electron chi connectivity index (χ3n) is 8.94. The number of unbranched alkanes of at least 4 members (excludes halogenated alkanes) is 15. The summed E-state index contributed by atoms with van der Waals surface area (Å²) >= 11 is 0. The number of rotatable bonds is 24. The molecule has 0 aromatic carbocycles. The van der Waals surface area contributed by atoms with E-state index < -0.39 is 0 Å². The molecule has 0 aromatic heterocycles. The zero-order valence-corrected chi connectivity index (χ0v) is 26.1. The van der Waals surface area contributed by atoms with Gasteiger partial charge in [0.15, 0.2) is 0 Å². The lowest BCUT2D eigenvalue weighted by molar-refractivity contribution is -0.136. The lowest BCUT2D eigenvalue weighted by Gasteiger charge is -2.31. The Morgan fingerprint density at radius 2 is 1.33 bits per heavy atom. The predicted molar refractivity (Wildman–Crippen MR) is 167 cm³/mol. The molecule has 2 rings (SSSR count). The normalized spacial score (nSPS) is 19.9. The highest BCUT2D eigenvalue weighted by Gasteiger charge is 2.30. The average Bonchev–Trinajstić information content (AvgIpc) is 2.97. The number of amides is 1. The van der Waals surface area contributed by atoms with E-state index in [1.54, 1.807) is 0 Å². The number of carbonyl (C=O) groups excluding carboxylic acids is 1. The molecular formula is C34H65N3O2. The number of carbonyl (C=O) groups is 1. The average molecular weight is 548 g/mol. The van der Waals surface area contributed by atoms with Gasteiger partial charge in [0.05, 0.1) is 13.2 Å². The lowest BCUT2D eigenvalue weighted by atomic mass is 9.82. The van der Waals surface area contributed by atoms with Gasteiger partial charge in [0.2, 0.25) is 5.91 Å². The number of hydrogen-bond acceptors (Lipinski definition) is 4. The van der Waals surface area contributed by atoms with Crippen molar-refractivity contribution in [2.45, 2.75) is 129 Å². The minimum Gasteiger partial charge on any atom is -0.379 e. The first kappa shape index (κ1) is 34.3. The number of ether oxygens (including phenoxy) is 1. The van der Waals surface area contributed by atoms with Gasteiger partial charge in [-0.25, -0.2) is 0 Å². The van der Waals surface area contributed by atoms with Gasteiger partial charge in [-0.15, -0.1) is 0 Å². The van der Waals surface area contributed by atoms with Crippen molar-refractivity contribution in [1.82, 2.24) is 15.1 Å². The Bertz CT molecular complexity index is 605. The SMILES string of the molecule is CCCCCCCCCCCCCCCCCCN(C)C(=O)C1CC=CCC1CNCCCN1CCOCC1. The molecule has 1 aliphatic carbocycles. The maximum Gasteiger partial charge on any atom is 0.226 e. The summed E-state index contributed by atoms with van der Waals surface area (Å²) in [4.78, 5) is 17.8. The van der Waals surface area contributed by atoms with Crippen LogP contribution in [0.4, 0.5) is 0 Å². The molecular weight excluding hydrogens is 482 g/mol. The molecule has 0 bridgehead atoms. The first-order valence-corrected chi connectivity index (χ1v) is 17.1. The second-order valence-electron chi connectivity index (χ2n) is 12.4. The van der Waals surface area contributed by atoms with Gasteiger partial charge in [0.1, 0.15) is 0 Å². The van der Waals surface area contributed by atoms with Crippen molar-refractivity contribution >= 4 is 5.91 Å². The standard InChI is InChI=1S/C34H65N3O2/c1-3-4-5-6-7-8-9-10-11-12-13-14-15-16-17-20-25-36(2)34(38)33-23-19-18-22-32(33)31-35-24-21-26-37-27-29-39-30-28-37/h18-19,32-33,35H,3-17,20-31H2,1-2H3. The molecule has 1 saturated heterocycles. The number of hydrogen-bond donors (Lipinski definition) is 1. The molecule has 1 heterocycles. The molecule has 0 aromatic rings. The van der Waals surface area contributed by atoms with Crippen LogP contribution < -0.4 is 5.32 Å². The van der Waals surface area contributed by atoms with Crippen molar-refractivity contribution in [3.8, 4) is 0 Å². The van der Waals surface area contributed by atoms with Crippen molar-refractivity contribution in [1.29, 1.82) is 0 Å². The lowest BCUT2D eigenvalue weighted by Crippen LogP contribution is -2.41. The van der Waals surface area contributed by atoms with Crippen LogP contribution in [0.25, 0.3) is 0 Å². The highest BCUT2D eigenvalue weighted by molar-refractivity contribution is 5.79. The minimum atomic E-state index is 0.146. The first-order valence-electron chi connectivity index (χ1n) is 17.1. The quantitative estimate of drug-likeness (QED) is 0.0998. The Labute approximate surface area is 242 Å².